The van der Waals surface area contributed by atoms with Crippen LogP contribution >= 0.6 is 0 Å². The number of hydrogen-bond donors (Lipinski definition) is 2. The molecule has 1 saturated carbocycles. The summed E-state index contributed by atoms with van der Waals surface area (Å²) in [7, 11) is 0. The maximum Gasteiger partial charge on any atom is 0.223 e. The molecule has 3 heteroatoms. The van der Waals surface area contributed by atoms with Crippen LogP contribution in [0.4, 0.5) is 0 Å². The molecule has 2 N–H and O–H groups in total. The highest BCUT2D eigenvalue weighted by atomic mass is 16.3. The van der Waals surface area contributed by atoms with Crippen LogP contribution in [0.5, 0.6) is 0 Å². The van der Waals surface area contributed by atoms with Crippen molar-refractivity contribution in [3.63, 3.8) is 0 Å². The van der Waals surface area contributed by atoms with Crippen molar-refractivity contribution in [3.8, 4) is 0 Å². The molecule has 0 bridgehead atoms. The van der Waals surface area contributed by atoms with E-state index in [1.54, 1.807) is 0 Å². The third kappa shape index (κ3) is 3.30. The van der Waals surface area contributed by atoms with Gasteiger partial charge in [0.25, 0.3) is 0 Å². The van der Waals surface area contributed by atoms with E-state index in [0.717, 1.165) is 24.8 Å². The summed E-state index contributed by atoms with van der Waals surface area (Å²) in [4.78, 5) is 11.8. The summed E-state index contributed by atoms with van der Waals surface area (Å²) in [6, 6.07) is 9.76. The highest BCUT2D eigenvalue weighted by Gasteiger charge is 2.26. The van der Waals surface area contributed by atoms with Crippen LogP contribution in [0.15, 0.2) is 30.3 Å². The van der Waals surface area contributed by atoms with E-state index in [1.165, 1.54) is 0 Å². The molecule has 1 aromatic rings. The molecule has 0 aliphatic heterocycles. The molecule has 1 aliphatic carbocycles. The fourth-order valence-electron chi connectivity index (χ4n) is 2.05. The SMILES string of the molecule is O=C(N[C@@H](CO)Cc1ccccc1)C1CCC1. The van der Waals surface area contributed by atoms with Crippen LogP contribution in [0.2, 0.25) is 0 Å². The maximum atomic E-state index is 11.8. The molecule has 1 atom stereocenters. The quantitative estimate of drug-likeness (QED) is 0.810. The molecule has 92 valence electrons. The Bertz CT molecular complexity index is 360. The van der Waals surface area contributed by atoms with Crippen molar-refractivity contribution in [1.82, 2.24) is 5.32 Å². The fraction of sp³-hybridized carbons (Fsp3) is 0.500. The Labute approximate surface area is 102 Å². The normalized spacial score (nSPS) is 17.2. The number of rotatable bonds is 5. The first-order valence-corrected chi connectivity index (χ1v) is 6.24. The van der Waals surface area contributed by atoms with Gasteiger partial charge in [0.05, 0.1) is 12.6 Å². The van der Waals surface area contributed by atoms with Crippen LogP contribution in [0.25, 0.3) is 0 Å². The largest absolute Gasteiger partial charge is 0.394 e. The minimum absolute atomic E-state index is 0.00659. The van der Waals surface area contributed by atoms with Crippen molar-refractivity contribution in [2.24, 2.45) is 5.92 Å². The number of aliphatic hydroxyl groups is 1. The van der Waals surface area contributed by atoms with Crippen molar-refractivity contribution in [2.45, 2.75) is 31.7 Å². The molecule has 0 unspecified atom stereocenters. The van der Waals surface area contributed by atoms with Crippen LogP contribution in [-0.4, -0.2) is 23.7 Å². The number of aliphatic hydroxyl groups excluding tert-OH is 1. The van der Waals surface area contributed by atoms with Crippen LogP contribution in [0, 0.1) is 5.92 Å². The van der Waals surface area contributed by atoms with Gasteiger partial charge in [0.2, 0.25) is 5.91 Å². The summed E-state index contributed by atoms with van der Waals surface area (Å²) < 4.78 is 0. The molecule has 2 rings (SSSR count). The molecule has 1 amide bonds. The monoisotopic (exact) mass is 233 g/mol. The molecule has 3 nitrogen and oxygen atoms in total. The lowest BCUT2D eigenvalue weighted by atomic mass is 9.84. The lowest BCUT2D eigenvalue weighted by molar-refractivity contribution is -0.128. The van der Waals surface area contributed by atoms with Crippen LogP contribution in [-0.2, 0) is 11.2 Å². The first-order chi connectivity index (χ1) is 8.29. The van der Waals surface area contributed by atoms with Crippen LogP contribution < -0.4 is 5.32 Å². The van der Waals surface area contributed by atoms with Crippen LogP contribution in [0.1, 0.15) is 24.8 Å². The van der Waals surface area contributed by atoms with Crippen LogP contribution in [0.3, 0.4) is 0 Å². The third-order valence-corrected chi connectivity index (χ3v) is 3.37. The molecular formula is C14H19NO2. The average molecular weight is 233 g/mol. The first kappa shape index (κ1) is 12.1. The second kappa shape index (κ2) is 5.82. The fourth-order valence-corrected chi connectivity index (χ4v) is 2.05. The Morgan fingerprint density at radius 1 is 1.35 bits per heavy atom. The summed E-state index contributed by atoms with van der Waals surface area (Å²) in [5, 5.41) is 12.2. The molecule has 1 aromatic carbocycles. The number of amides is 1. The van der Waals surface area contributed by atoms with E-state index in [4.69, 9.17) is 0 Å². The molecule has 1 fully saturated rings. The topological polar surface area (TPSA) is 49.3 Å². The van der Waals surface area contributed by atoms with Gasteiger partial charge in [-0.05, 0) is 24.8 Å². The number of hydrogen-bond acceptors (Lipinski definition) is 2. The minimum Gasteiger partial charge on any atom is -0.394 e. The second-order valence-corrected chi connectivity index (χ2v) is 4.71. The molecule has 0 heterocycles. The lowest BCUT2D eigenvalue weighted by Crippen LogP contribution is -2.43. The molecule has 1 aliphatic rings. The van der Waals surface area contributed by atoms with E-state index in [-0.39, 0.29) is 24.5 Å². The molecule has 17 heavy (non-hydrogen) atoms. The zero-order valence-electron chi connectivity index (χ0n) is 9.93. The van der Waals surface area contributed by atoms with E-state index in [9.17, 15) is 9.90 Å². The summed E-state index contributed by atoms with van der Waals surface area (Å²) >= 11 is 0. The maximum absolute atomic E-state index is 11.8. The van der Waals surface area contributed by atoms with Gasteiger partial charge >= 0.3 is 0 Å². The van der Waals surface area contributed by atoms with Gasteiger partial charge in [-0.2, -0.15) is 0 Å². The highest BCUT2D eigenvalue weighted by Crippen LogP contribution is 2.26. The van der Waals surface area contributed by atoms with Gasteiger partial charge in [-0.15, -0.1) is 0 Å². The molecule has 0 saturated heterocycles. The van der Waals surface area contributed by atoms with Crippen molar-refractivity contribution >= 4 is 5.91 Å². The summed E-state index contributed by atoms with van der Waals surface area (Å²) in [5.41, 5.74) is 1.14. The third-order valence-electron chi connectivity index (χ3n) is 3.37. The molecule has 0 radical (unpaired) electrons. The van der Waals surface area contributed by atoms with Gasteiger partial charge in [0.15, 0.2) is 0 Å². The Balaban J connectivity index is 1.86. The average Bonchev–Trinajstić information content (AvgIpc) is 2.27. The first-order valence-electron chi connectivity index (χ1n) is 6.24. The lowest BCUT2D eigenvalue weighted by Gasteiger charge is -2.26. The van der Waals surface area contributed by atoms with Crippen molar-refractivity contribution in [1.29, 1.82) is 0 Å². The van der Waals surface area contributed by atoms with E-state index in [1.807, 2.05) is 30.3 Å². The predicted octanol–water partition coefficient (Wildman–Crippen LogP) is 1.51. The van der Waals surface area contributed by atoms with Gasteiger partial charge < -0.3 is 10.4 Å². The summed E-state index contributed by atoms with van der Waals surface area (Å²) in [5.74, 6) is 0.283. The number of nitrogens with one attached hydrogen (secondary N) is 1. The van der Waals surface area contributed by atoms with E-state index >= 15 is 0 Å². The predicted molar refractivity (Wildman–Crippen MR) is 66.5 cm³/mol. The van der Waals surface area contributed by atoms with Gasteiger partial charge in [-0.3, -0.25) is 4.79 Å². The van der Waals surface area contributed by atoms with Crippen molar-refractivity contribution in [3.05, 3.63) is 35.9 Å². The van der Waals surface area contributed by atoms with Gasteiger partial charge in [-0.25, -0.2) is 0 Å². The van der Waals surface area contributed by atoms with Gasteiger partial charge in [0, 0.05) is 5.92 Å². The summed E-state index contributed by atoms with van der Waals surface area (Å²) in [6.45, 7) is -0.00659. The van der Waals surface area contributed by atoms with Gasteiger partial charge in [-0.1, -0.05) is 36.8 Å². The standard InChI is InChI=1S/C14H19NO2/c16-10-13(9-11-5-2-1-3-6-11)15-14(17)12-7-4-8-12/h1-3,5-6,12-13,16H,4,7-10H2,(H,15,17)/t13-/m1/s1. The molecule has 0 aromatic heterocycles. The number of benzene rings is 1. The van der Waals surface area contributed by atoms with E-state index in [0.29, 0.717) is 6.42 Å². The Morgan fingerprint density at radius 2 is 2.06 bits per heavy atom. The minimum atomic E-state index is -0.162. The van der Waals surface area contributed by atoms with Gasteiger partial charge in [0.1, 0.15) is 0 Å². The number of carbonyl (C=O) groups is 1. The number of carbonyl (C=O) groups excluding carboxylic acids is 1. The second-order valence-electron chi connectivity index (χ2n) is 4.71. The zero-order valence-corrected chi connectivity index (χ0v) is 9.93. The summed E-state index contributed by atoms with van der Waals surface area (Å²) in [6.07, 6.45) is 3.83. The molecular weight excluding hydrogens is 214 g/mol. The zero-order chi connectivity index (χ0) is 12.1. The smallest absolute Gasteiger partial charge is 0.223 e. The Hall–Kier alpha value is -1.35. The van der Waals surface area contributed by atoms with Crippen molar-refractivity contribution < 1.29 is 9.90 Å². The van der Waals surface area contributed by atoms with E-state index < -0.39 is 0 Å². The molecule has 0 spiro atoms. The van der Waals surface area contributed by atoms with Crippen molar-refractivity contribution in [2.75, 3.05) is 6.61 Å². The van der Waals surface area contributed by atoms with E-state index in [2.05, 4.69) is 5.32 Å². The Morgan fingerprint density at radius 3 is 2.59 bits per heavy atom. The highest BCUT2D eigenvalue weighted by molar-refractivity contribution is 5.79. The Kier molecular flexibility index (Phi) is 4.15.